The number of carbonyl (C=O) groups is 1. The lowest BCUT2D eigenvalue weighted by Crippen LogP contribution is -2.35. The molecule has 0 radical (unpaired) electrons. The summed E-state index contributed by atoms with van der Waals surface area (Å²) >= 11 is 0. The number of nitrogens with zero attached hydrogens (tertiary/aromatic N) is 5. The quantitative estimate of drug-likeness (QED) is 0.422. The van der Waals surface area contributed by atoms with Gasteiger partial charge in [-0.2, -0.15) is 0 Å². The lowest BCUT2D eigenvalue weighted by Gasteiger charge is -2.34. The fourth-order valence-corrected chi connectivity index (χ4v) is 4.75. The van der Waals surface area contributed by atoms with Crippen LogP contribution < -0.4 is 5.32 Å². The summed E-state index contributed by atoms with van der Waals surface area (Å²) in [5, 5.41) is 11.9. The highest BCUT2D eigenvalue weighted by Crippen LogP contribution is 2.34. The largest absolute Gasteiger partial charge is 0.444 e. The summed E-state index contributed by atoms with van der Waals surface area (Å²) in [4.78, 5) is 19.2. The zero-order valence-electron chi connectivity index (χ0n) is 21.9. The van der Waals surface area contributed by atoms with Gasteiger partial charge in [0.15, 0.2) is 5.82 Å². The number of amides is 1. The third kappa shape index (κ3) is 6.69. The molecule has 36 heavy (non-hydrogen) atoms. The molecule has 1 aliphatic carbocycles. The van der Waals surface area contributed by atoms with E-state index in [1.807, 2.05) is 58.3 Å². The average Bonchev–Trinajstić information content (AvgIpc) is 3.22. The van der Waals surface area contributed by atoms with Crippen molar-refractivity contribution in [3.63, 3.8) is 0 Å². The highest BCUT2D eigenvalue weighted by Gasteiger charge is 2.28. The topological polar surface area (TPSA) is 85.2 Å². The minimum absolute atomic E-state index is 0.241. The van der Waals surface area contributed by atoms with E-state index in [9.17, 15) is 4.79 Å². The number of benzene rings is 1. The Labute approximate surface area is 214 Å². The minimum Gasteiger partial charge on any atom is -0.444 e. The van der Waals surface area contributed by atoms with Crippen molar-refractivity contribution in [2.75, 3.05) is 13.1 Å². The van der Waals surface area contributed by atoms with Crippen LogP contribution in [0.1, 0.15) is 69.6 Å². The monoisotopic (exact) mass is 490 g/mol. The maximum Gasteiger partial charge on any atom is 0.407 e. The van der Waals surface area contributed by atoms with Crippen LogP contribution in [0, 0.1) is 0 Å². The maximum absolute atomic E-state index is 12.0. The van der Waals surface area contributed by atoms with Gasteiger partial charge in [-0.3, -0.25) is 9.88 Å². The summed E-state index contributed by atoms with van der Waals surface area (Å²) < 4.78 is 7.44. The Morgan fingerprint density at radius 3 is 2.72 bits per heavy atom. The molecular formula is C28H38N6O2. The molecule has 0 aliphatic heterocycles. The fourth-order valence-electron chi connectivity index (χ4n) is 4.75. The molecule has 3 aromatic rings. The second-order valence-electron chi connectivity index (χ2n) is 10.4. The molecule has 8 heteroatoms. The molecule has 1 unspecified atom stereocenters. The molecule has 4 rings (SSSR count). The van der Waals surface area contributed by atoms with E-state index in [2.05, 4.69) is 43.2 Å². The number of rotatable bonds is 9. The number of nitrogens with one attached hydrogen (secondary N) is 1. The molecule has 0 spiro atoms. The number of alkyl carbamates (subject to hydrolysis) is 1. The van der Waals surface area contributed by atoms with Crippen LogP contribution in [0.2, 0.25) is 0 Å². The van der Waals surface area contributed by atoms with Gasteiger partial charge in [0.05, 0.1) is 18.3 Å². The number of hydrogen-bond acceptors (Lipinski definition) is 6. The molecule has 0 fully saturated rings. The maximum atomic E-state index is 12.0. The van der Waals surface area contributed by atoms with E-state index in [0.29, 0.717) is 13.1 Å². The average molecular weight is 491 g/mol. The lowest BCUT2D eigenvalue weighted by molar-refractivity contribution is 0.0526. The Hall–Kier alpha value is -3.26. The molecule has 192 valence electrons. The number of aryl methyl sites for hydroxylation is 1. The first kappa shape index (κ1) is 25.8. The van der Waals surface area contributed by atoms with Crippen molar-refractivity contribution in [1.29, 1.82) is 0 Å². The molecule has 2 heterocycles. The van der Waals surface area contributed by atoms with Crippen molar-refractivity contribution in [1.82, 2.24) is 30.0 Å². The van der Waals surface area contributed by atoms with Gasteiger partial charge in [-0.05, 0) is 71.0 Å². The van der Waals surface area contributed by atoms with E-state index in [1.54, 1.807) is 0 Å². The Morgan fingerprint density at radius 2 is 1.94 bits per heavy atom. The Morgan fingerprint density at radius 1 is 1.14 bits per heavy atom. The van der Waals surface area contributed by atoms with Gasteiger partial charge in [-0.1, -0.05) is 36.4 Å². The van der Waals surface area contributed by atoms with Crippen LogP contribution in [0.15, 0.2) is 48.7 Å². The van der Waals surface area contributed by atoms with E-state index in [1.165, 1.54) is 11.3 Å². The smallest absolute Gasteiger partial charge is 0.407 e. The summed E-state index contributed by atoms with van der Waals surface area (Å²) in [7, 11) is 2.04. The van der Waals surface area contributed by atoms with Crippen molar-refractivity contribution < 1.29 is 9.53 Å². The number of pyridine rings is 1. The molecule has 2 aromatic heterocycles. The normalized spacial score (nSPS) is 15.5. The summed E-state index contributed by atoms with van der Waals surface area (Å²) in [5.41, 5.74) is 3.09. The van der Waals surface area contributed by atoms with Crippen LogP contribution in [0.5, 0.6) is 0 Å². The van der Waals surface area contributed by atoms with E-state index in [4.69, 9.17) is 9.72 Å². The Balaban J connectivity index is 1.45. The van der Waals surface area contributed by atoms with Crippen LogP contribution >= 0.6 is 0 Å². The molecule has 0 saturated carbocycles. The minimum atomic E-state index is -0.489. The van der Waals surface area contributed by atoms with E-state index >= 15 is 0 Å². The van der Waals surface area contributed by atoms with Gasteiger partial charge < -0.3 is 14.6 Å². The first-order valence-corrected chi connectivity index (χ1v) is 12.9. The summed E-state index contributed by atoms with van der Waals surface area (Å²) in [6.45, 7) is 7.77. The zero-order chi connectivity index (χ0) is 25.5. The van der Waals surface area contributed by atoms with Crippen LogP contribution in [0.4, 0.5) is 4.79 Å². The van der Waals surface area contributed by atoms with Gasteiger partial charge in [0, 0.05) is 25.4 Å². The molecule has 1 aliphatic rings. The predicted octanol–water partition coefficient (Wildman–Crippen LogP) is 5.06. The molecule has 1 N–H and O–H groups in total. The Bertz CT molecular complexity index is 1140. The van der Waals surface area contributed by atoms with Crippen molar-refractivity contribution >= 4 is 6.09 Å². The second-order valence-corrected chi connectivity index (χ2v) is 10.4. The van der Waals surface area contributed by atoms with E-state index in [-0.39, 0.29) is 12.1 Å². The number of unbranched alkanes of at least 4 members (excludes halogenated alkanes) is 1. The van der Waals surface area contributed by atoms with Crippen LogP contribution in [0.25, 0.3) is 11.4 Å². The first-order chi connectivity index (χ1) is 17.3. The van der Waals surface area contributed by atoms with Gasteiger partial charge >= 0.3 is 6.09 Å². The van der Waals surface area contributed by atoms with Crippen LogP contribution in [-0.2, 0) is 24.8 Å². The number of carbonyl (C=O) groups excluding carboxylic acids is 1. The first-order valence-electron chi connectivity index (χ1n) is 12.9. The number of aromatic nitrogens is 4. The standard InChI is InChI=1S/C28H38N6O2/c1-28(2,3)36-27(35)30-17-8-9-19-34(23-16-10-14-21-15-11-18-29-25(21)23)20-24-31-32-26(33(24)4)22-12-6-5-7-13-22/h5-7,11-13,15,18,23H,8-10,14,16-17,19-20H2,1-4H3,(H,30,35). The molecule has 0 bridgehead atoms. The highest BCUT2D eigenvalue weighted by atomic mass is 16.6. The molecule has 1 atom stereocenters. The van der Waals surface area contributed by atoms with Crippen molar-refractivity contribution in [3.8, 4) is 11.4 Å². The molecule has 8 nitrogen and oxygen atoms in total. The SMILES string of the molecule is Cn1c(CN(CCCCNC(=O)OC(C)(C)C)C2CCCc3cccnc32)nnc1-c1ccccc1. The highest BCUT2D eigenvalue weighted by molar-refractivity contribution is 5.67. The predicted molar refractivity (Wildman–Crippen MR) is 140 cm³/mol. The van der Waals surface area contributed by atoms with E-state index < -0.39 is 5.60 Å². The van der Waals surface area contributed by atoms with Crippen LogP contribution in [-0.4, -0.2) is 49.4 Å². The second kappa shape index (κ2) is 11.6. The third-order valence-electron chi connectivity index (χ3n) is 6.49. The fraction of sp³-hybridized carbons (Fsp3) is 0.500. The Kier molecular flexibility index (Phi) is 8.36. The summed E-state index contributed by atoms with van der Waals surface area (Å²) in [6.07, 6.45) is 6.64. The van der Waals surface area contributed by atoms with Crippen molar-refractivity contribution in [2.45, 2.75) is 71.1 Å². The van der Waals surface area contributed by atoms with Gasteiger partial charge in [-0.15, -0.1) is 10.2 Å². The van der Waals surface area contributed by atoms with E-state index in [0.717, 1.165) is 55.9 Å². The summed E-state index contributed by atoms with van der Waals surface area (Å²) in [6, 6.07) is 14.6. The molecule has 1 amide bonds. The van der Waals surface area contributed by atoms with Crippen LogP contribution in [0.3, 0.4) is 0 Å². The lowest BCUT2D eigenvalue weighted by atomic mass is 9.90. The molecule has 0 saturated heterocycles. The number of fused-ring (bicyclic) bond motifs is 1. The molecule has 1 aromatic carbocycles. The van der Waals surface area contributed by atoms with Gasteiger partial charge in [0.1, 0.15) is 11.4 Å². The number of hydrogen-bond donors (Lipinski definition) is 1. The molecular weight excluding hydrogens is 452 g/mol. The number of ether oxygens (including phenoxy) is 1. The third-order valence-corrected chi connectivity index (χ3v) is 6.49. The van der Waals surface area contributed by atoms with Crippen molar-refractivity contribution in [2.24, 2.45) is 7.05 Å². The van der Waals surface area contributed by atoms with Gasteiger partial charge in [0.25, 0.3) is 0 Å². The van der Waals surface area contributed by atoms with Crippen molar-refractivity contribution in [3.05, 3.63) is 65.7 Å². The zero-order valence-corrected chi connectivity index (χ0v) is 21.9. The van der Waals surface area contributed by atoms with Gasteiger partial charge in [-0.25, -0.2) is 4.79 Å². The van der Waals surface area contributed by atoms with Gasteiger partial charge in [0.2, 0.25) is 0 Å². The summed E-state index contributed by atoms with van der Waals surface area (Å²) in [5.74, 6) is 1.80.